The van der Waals surface area contributed by atoms with E-state index in [0.717, 1.165) is 0 Å². The van der Waals surface area contributed by atoms with Crippen LogP contribution in [0.3, 0.4) is 0 Å². The summed E-state index contributed by atoms with van der Waals surface area (Å²) in [4.78, 5) is 18.2. The smallest absolute Gasteiger partial charge is 0.323 e. The van der Waals surface area contributed by atoms with Crippen molar-refractivity contribution in [2.75, 3.05) is 5.32 Å². The summed E-state index contributed by atoms with van der Waals surface area (Å²) in [5, 5.41) is 1.13. The fourth-order valence-electron chi connectivity index (χ4n) is 1.50. The highest BCUT2D eigenvalue weighted by atomic mass is 35.5. The van der Waals surface area contributed by atoms with Gasteiger partial charge in [-0.15, -0.1) is 0 Å². The number of aromatic nitrogens is 2. The highest BCUT2D eigenvalue weighted by molar-refractivity contribution is 6.68. The molecule has 0 fully saturated rings. The lowest BCUT2D eigenvalue weighted by atomic mass is 10.2. The summed E-state index contributed by atoms with van der Waals surface area (Å²) >= 11 is 10.9. The lowest BCUT2D eigenvalue weighted by molar-refractivity contribution is -0.137. The van der Waals surface area contributed by atoms with Crippen LogP contribution in [0.1, 0.15) is 15.9 Å². The number of para-hydroxylation sites is 1. The molecule has 0 radical (unpaired) electrons. The lowest BCUT2D eigenvalue weighted by Gasteiger charge is -2.11. The molecule has 0 unspecified atom stereocenters. The highest BCUT2D eigenvalue weighted by Gasteiger charge is 2.34. The van der Waals surface area contributed by atoms with Crippen molar-refractivity contribution in [3.63, 3.8) is 0 Å². The van der Waals surface area contributed by atoms with Gasteiger partial charge in [0.2, 0.25) is 5.95 Å². The van der Waals surface area contributed by atoms with Crippen molar-refractivity contribution in [2.45, 2.75) is 6.18 Å². The lowest BCUT2D eigenvalue weighted by Crippen LogP contribution is -2.09. The largest absolute Gasteiger partial charge is 0.420 e. The fraction of sp³-hybridized carbons (Fsp3) is 0.0833. The van der Waals surface area contributed by atoms with E-state index in [-0.39, 0.29) is 17.2 Å². The Hall–Kier alpha value is -1.86. The Morgan fingerprint density at radius 2 is 1.90 bits per heavy atom. The average Bonchev–Trinajstić information content (AvgIpc) is 2.37. The second-order valence-electron chi connectivity index (χ2n) is 3.84. The zero-order valence-corrected chi connectivity index (χ0v) is 11.6. The first kappa shape index (κ1) is 15.5. The number of benzene rings is 1. The van der Waals surface area contributed by atoms with E-state index in [2.05, 4.69) is 15.3 Å². The molecule has 4 nitrogen and oxygen atoms in total. The molecule has 9 heteroatoms. The van der Waals surface area contributed by atoms with Crippen LogP contribution >= 0.6 is 23.2 Å². The number of nitrogens with zero attached hydrogens (tertiary/aromatic N) is 2. The van der Waals surface area contributed by atoms with Gasteiger partial charge in [-0.1, -0.05) is 23.7 Å². The molecular weight excluding hydrogens is 330 g/mol. The van der Waals surface area contributed by atoms with Gasteiger partial charge in [0.05, 0.1) is 11.3 Å². The maximum Gasteiger partial charge on any atom is 0.420 e. The van der Waals surface area contributed by atoms with E-state index in [9.17, 15) is 18.0 Å². The standard InChI is InChI=1S/C12H6Cl2F3N3O/c13-9-7(12(15,16)17)5-18-11(20-9)19-8-4-2-1-3-6(8)10(14)21/h1-5H,(H,18,19,20). The number of halogens is 5. The maximum atomic E-state index is 12.5. The average molecular weight is 336 g/mol. The van der Waals surface area contributed by atoms with Gasteiger partial charge in [-0.25, -0.2) is 9.97 Å². The van der Waals surface area contributed by atoms with Crippen LogP contribution in [0.4, 0.5) is 24.8 Å². The zero-order chi connectivity index (χ0) is 15.6. The van der Waals surface area contributed by atoms with E-state index in [0.29, 0.717) is 6.20 Å². The van der Waals surface area contributed by atoms with Crippen LogP contribution in [0.15, 0.2) is 30.5 Å². The first-order chi connectivity index (χ1) is 9.79. The summed E-state index contributed by atoms with van der Waals surface area (Å²) in [6.07, 6.45) is -4.08. The summed E-state index contributed by atoms with van der Waals surface area (Å²) in [5.41, 5.74) is -0.747. The van der Waals surface area contributed by atoms with E-state index >= 15 is 0 Å². The van der Waals surface area contributed by atoms with E-state index in [1.54, 1.807) is 12.1 Å². The topological polar surface area (TPSA) is 54.9 Å². The van der Waals surface area contributed by atoms with Crippen LogP contribution in [-0.2, 0) is 6.18 Å². The van der Waals surface area contributed by atoms with E-state index < -0.39 is 22.1 Å². The molecular formula is C12H6Cl2F3N3O. The first-order valence-electron chi connectivity index (χ1n) is 5.44. The summed E-state index contributed by atoms with van der Waals surface area (Å²) in [6, 6.07) is 6.15. The molecule has 0 saturated heterocycles. The quantitative estimate of drug-likeness (QED) is 0.672. The maximum absolute atomic E-state index is 12.5. The van der Waals surface area contributed by atoms with Crippen molar-refractivity contribution in [2.24, 2.45) is 0 Å². The Balaban J connectivity index is 2.34. The minimum Gasteiger partial charge on any atom is -0.323 e. The van der Waals surface area contributed by atoms with Gasteiger partial charge in [-0.05, 0) is 23.7 Å². The van der Waals surface area contributed by atoms with Crippen LogP contribution in [0.2, 0.25) is 5.15 Å². The molecule has 0 aliphatic rings. The summed E-state index contributed by atoms with van der Waals surface area (Å²) in [6.45, 7) is 0. The molecule has 21 heavy (non-hydrogen) atoms. The van der Waals surface area contributed by atoms with Crippen LogP contribution in [-0.4, -0.2) is 15.2 Å². The Morgan fingerprint density at radius 3 is 2.48 bits per heavy atom. The van der Waals surface area contributed by atoms with Crippen molar-refractivity contribution < 1.29 is 18.0 Å². The highest BCUT2D eigenvalue weighted by Crippen LogP contribution is 2.33. The van der Waals surface area contributed by atoms with Gasteiger partial charge in [0, 0.05) is 6.20 Å². The van der Waals surface area contributed by atoms with Gasteiger partial charge in [-0.2, -0.15) is 13.2 Å². The molecule has 1 N–H and O–H groups in total. The van der Waals surface area contributed by atoms with Crippen molar-refractivity contribution in [1.82, 2.24) is 9.97 Å². The minimum absolute atomic E-state index is 0.138. The Morgan fingerprint density at radius 1 is 1.24 bits per heavy atom. The van der Waals surface area contributed by atoms with Gasteiger partial charge in [-0.3, -0.25) is 4.79 Å². The van der Waals surface area contributed by atoms with Gasteiger partial charge in [0.25, 0.3) is 5.24 Å². The fourth-order valence-corrected chi connectivity index (χ4v) is 1.90. The molecule has 2 aromatic rings. The Bertz CT molecular complexity index is 692. The van der Waals surface area contributed by atoms with E-state index in [1.165, 1.54) is 12.1 Å². The molecule has 0 bridgehead atoms. The number of alkyl halides is 3. The third-order valence-electron chi connectivity index (χ3n) is 2.43. The van der Waals surface area contributed by atoms with Crippen LogP contribution < -0.4 is 5.32 Å². The molecule has 1 aromatic carbocycles. The first-order valence-corrected chi connectivity index (χ1v) is 6.20. The van der Waals surface area contributed by atoms with Gasteiger partial charge < -0.3 is 5.32 Å². The number of hydrogen-bond acceptors (Lipinski definition) is 4. The summed E-state index contributed by atoms with van der Waals surface area (Å²) in [7, 11) is 0. The molecule has 110 valence electrons. The molecule has 0 spiro atoms. The Labute approximate surface area is 126 Å². The third kappa shape index (κ3) is 3.62. The monoisotopic (exact) mass is 335 g/mol. The molecule has 1 aromatic heterocycles. The van der Waals surface area contributed by atoms with Crippen LogP contribution in [0.25, 0.3) is 0 Å². The van der Waals surface area contributed by atoms with Crippen LogP contribution in [0.5, 0.6) is 0 Å². The van der Waals surface area contributed by atoms with Crippen molar-refractivity contribution >= 4 is 40.1 Å². The second-order valence-corrected chi connectivity index (χ2v) is 4.54. The Kier molecular flexibility index (Phi) is 4.34. The molecule has 0 aliphatic carbocycles. The van der Waals surface area contributed by atoms with Gasteiger partial charge in [0.15, 0.2) is 0 Å². The molecule has 0 amide bonds. The van der Waals surface area contributed by atoms with Crippen LogP contribution in [0, 0.1) is 0 Å². The zero-order valence-electron chi connectivity index (χ0n) is 10.1. The molecule has 2 rings (SSSR count). The van der Waals surface area contributed by atoms with E-state index in [1.807, 2.05) is 0 Å². The van der Waals surface area contributed by atoms with Crippen molar-refractivity contribution in [3.05, 3.63) is 46.7 Å². The number of nitrogens with one attached hydrogen (secondary N) is 1. The number of carbonyl (C=O) groups is 1. The molecule has 0 atom stereocenters. The molecule has 0 aliphatic heterocycles. The third-order valence-corrected chi connectivity index (χ3v) is 2.92. The van der Waals surface area contributed by atoms with E-state index in [4.69, 9.17) is 23.2 Å². The minimum atomic E-state index is -4.64. The number of carbonyl (C=O) groups excluding carboxylic acids is 1. The second kappa shape index (κ2) is 5.87. The normalized spacial score (nSPS) is 11.3. The molecule has 0 saturated carbocycles. The summed E-state index contributed by atoms with van der Waals surface area (Å²) in [5.74, 6) is -0.182. The van der Waals surface area contributed by atoms with Crippen molar-refractivity contribution in [1.29, 1.82) is 0 Å². The number of rotatable bonds is 3. The van der Waals surface area contributed by atoms with Gasteiger partial charge >= 0.3 is 6.18 Å². The number of anilines is 2. The number of hydrogen-bond donors (Lipinski definition) is 1. The predicted octanol–water partition coefficient (Wildman–Crippen LogP) is 4.27. The molecule has 1 heterocycles. The predicted molar refractivity (Wildman–Crippen MR) is 72.0 cm³/mol. The van der Waals surface area contributed by atoms with Crippen molar-refractivity contribution in [3.8, 4) is 0 Å². The van der Waals surface area contributed by atoms with Gasteiger partial charge in [0.1, 0.15) is 10.7 Å². The summed E-state index contributed by atoms with van der Waals surface area (Å²) < 4.78 is 37.6. The SMILES string of the molecule is O=C(Cl)c1ccccc1Nc1ncc(C(F)(F)F)c(Cl)n1.